The maximum absolute atomic E-state index is 11.3. The van der Waals surface area contributed by atoms with Crippen LogP contribution in [0.15, 0.2) is 30.3 Å². The van der Waals surface area contributed by atoms with E-state index in [2.05, 4.69) is 42.3 Å². The average Bonchev–Trinajstić information content (AvgIpc) is 2.88. The van der Waals surface area contributed by atoms with Gasteiger partial charge in [-0.1, -0.05) is 30.3 Å². The van der Waals surface area contributed by atoms with Gasteiger partial charge in [-0.25, -0.2) is 0 Å². The summed E-state index contributed by atoms with van der Waals surface area (Å²) < 4.78 is 0. The predicted molar refractivity (Wildman–Crippen MR) is 82.6 cm³/mol. The summed E-state index contributed by atoms with van der Waals surface area (Å²) in [6.07, 6.45) is 3.50. The maximum Gasteiger partial charge on any atom is 0.219 e. The van der Waals surface area contributed by atoms with E-state index in [0.717, 1.165) is 39.0 Å². The van der Waals surface area contributed by atoms with Crippen LogP contribution in [0.5, 0.6) is 0 Å². The summed E-state index contributed by atoms with van der Waals surface area (Å²) in [5.74, 6) is 0.875. The maximum atomic E-state index is 11.3. The molecule has 110 valence electrons. The number of likely N-dealkylation sites (tertiary alicyclic amines) is 1. The minimum atomic E-state index is 0.222. The van der Waals surface area contributed by atoms with E-state index in [-0.39, 0.29) is 5.91 Å². The van der Waals surface area contributed by atoms with Crippen molar-refractivity contribution < 1.29 is 4.79 Å². The number of benzene rings is 1. The molecule has 0 spiro atoms. The molecule has 1 aromatic carbocycles. The zero-order chi connectivity index (χ0) is 14.4. The van der Waals surface area contributed by atoms with Crippen LogP contribution in [0.2, 0.25) is 0 Å². The van der Waals surface area contributed by atoms with Gasteiger partial charge in [0, 0.05) is 26.6 Å². The van der Waals surface area contributed by atoms with E-state index in [9.17, 15) is 4.79 Å². The van der Waals surface area contributed by atoms with Crippen LogP contribution in [0, 0.1) is 5.92 Å². The number of carbonyl (C=O) groups excluding carboxylic acids is 1. The van der Waals surface area contributed by atoms with Gasteiger partial charge < -0.3 is 9.80 Å². The van der Waals surface area contributed by atoms with E-state index >= 15 is 0 Å². The Bertz CT molecular complexity index is 418. The van der Waals surface area contributed by atoms with Crippen LogP contribution < -0.4 is 0 Å². The van der Waals surface area contributed by atoms with Gasteiger partial charge in [0.05, 0.1) is 0 Å². The first kappa shape index (κ1) is 15.0. The molecule has 1 atom stereocenters. The first-order chi connectivity index (χ1) is 9.65. The minimum Gasteiger partial charge on any atom is -0.343 e. The second kappa shape index (κ2) is 7.44. The highest BCUT2D eigenvalue weighted by Gasteiger charge is 2.24. The Balaban J connectivity index is 1.63. The van der Waals surface area contributed by atoms with Crippen LogP contribution in [-0.2, 0) is 11.2 Å². The molecule has 0 aromatic heterocycles. The molecule has 1 fully saturated rings. The fraction of sp³-hybridized carbons (Fsp3) is 0.588. The van der Waals surface area contributed by atoms with Crippen molar-refractivity contribution in [1.29, 1.82) is 0 Å². The summed E-state index contributed by atoms with van der Waals surface area (Å²) in [7, 11) is 2.20. The van der Waals surface area contributed by atoms with Crippen LogP contribution in [0.25, 0.3) is 0 Å². The van der Waals surface area contributed by atoms with Gasteiger partial charge in [0.2, 0.25) is 5.91 Å². The molecular formula is C17H26N2O. The van der Waals surface area contributed by atoms with Crippen molar-refractivity contribution in [2.45, 2.75) is 26.2 Å². The number of carbonyl (C=O) groups is 1. The number of aryl methyl sites for hydroxylation is 1. The zero-order valence-corrected chi connectivity index (χ0v) is 12.7. The highest BCUT2D eigenvalue weighted by molar-refractivity contribution is 5.73. The molecule has 1 heterocycles. The Morgan fingerprint density at radius 3 is 2.75 bits per heavy atom. The molecule has 1 aliphatic rings. The fourth-order valence-corrected chi connectivity index (χ4v) is 3.00. The van der Waals surface area contributed by atoms with Gasteiger partial charge in [0.1, 0.15) is 0 Å². The molecule has 0 N–H and O–H groups in total. The lowest BCUT2D eigenvalue weighted by Gasteiger charge is -2.21. The Hall–Kier alpha value is -1.35. The molecular weight excluding hydrogens is 248 g/mol. The molecule has 0 bridgehead atoms. The lowest BCUT2D eigenvalue weighted by molar-refractivity contribution is -0.127. The molecule has 20 heavy (non-hydrogen) atoms. The van der Waals surface area contributed by atoms with Gasteiger partial charge in [-0.3, -0.25) is 4.79 Å². The van der Waals surface area contributed by atoms with Gasteiger partial charge >= 0.3 is 0 Å². The number of nitrogens with zero attached hydrogens (tertiary/aromatic N) is 2. The second-order valence-electron chi connectivity index (χ2n) is 5.97. The molecule has 0 aliphatic carbocycles. The molecule has 0 radical (unpaired) electrons. The quantitative estimate of drug-likeness (QED) is 0.795. The summed E-state index contributed by atoms with van der Waals surface area (Å²) in [5, 5.41) is 0. The smallest absolute Gasteiger partial charge is 0.219 e. The number of rotatable bonds is 6. The monoisotopic (exact) mass is 274 g/mol. The molecule has 1 unspecified atom stereocenters. The summed E-state index contributed by atoms with van der Waals surface area (Å²) in [6.45, 7) is 5.80. The van der Waals surface area contributed by atoms with E-state index in [4.69, 9.17) is 0 Å². The van der Waals surface area contributed by atoms with Gasteiger partial charge in [0.25, 0.3) is 0 Å². The fourth-order valence-electron chi connectivity index (χ4n) is 3.00. The Kier molecular flexibility index (Phi) is 5.60. The third kappa shape index (κ3) is 4.64. The molecule has 3 heteroatoms. The first-order valence-electron chi connectivity index (χ1n) is 7.63. The summed E-state index contributed by atoms with van der Waals surface area (Å²) in [6, 6.07) is 10.7. The normalized spacial score (nSPS) is 18.8. The molecule has 1 saturated heterocycles. The highest BCUT2D eigenvalue weighted by Crippen LogP contribution is 2.17. The molecule has 2 rings (SSSR count). The van der Waals surface area contributed by atoms with Crippen LogP contribution in [0.3, 0.4) is 0 Å². The van der Waals surface area contributed by atoms with Gasteiger partial charge in [-0.15, -0.1) is 0 Å². The molecule has 3 nitrogen and oxygen atoms in total. The number of hydrogen-bond acceptors (Lipinski definition) is 2. The van der Waals surface area contributed by atoms with Crippen molar-refractivity contribution in [3.8, 4) is 0 Å². The zero-order valence-electron chi connectivity index (χ0n) is 12.7. The topological polar surface area (TPSA) is 23.6 Å². The molecule has 1 aliphatic heterocycles. The predicted octanol–water partition coefficient (Wildman–Crippen LogP) is 2.42. The average molecular weight is 274 g/mol. The largest absolute Gasteiger partial charge is 0.343 e. The van der Waals surface area contributed by atoms with Crippen LogP contribution in [0.4, 0.5) is 0 Å². The Labute approximate surface area is 122 Å². The number of amides is 1. The molecule has 0 saturated carbocycles. The van der Waals surface area contributed by atoms with Crippen LogP contribution >= 0.6 is 0 Å². The van der Waals surface area contributed by atoms with Crippen molar-refractivity contribution >= 4 is 5.91 Å². The van der Waals surface area contributed by atoms with E-state index < -0.39 is 0 Å². The SMILES string of the molecule is CC(=O)N1CCC(CN(C)CCCc2ccccc2)C1. The second-order valence-corrected chi connectivity index (χ2v) is 5.97. The van der Waals surface area contributed by atoms with Gasteiger partial charge in [-0.05, 0) is 44.3 Å². The van der Waals surface area contributed by atoms with Gasteiger partial charge in [-0.2, -0.15) is 0 Å². The summed E-state index contributed by atoms with van der Waals surface area (Å²) in [4.78, 5) is 15.7. The lowest BCUT2D eigenvalue weighted by Crippen LogP contribution is -2.30. The Morgan fingerprint density at radius 2 is 2.10 bits per heavy atom. The van der Waals surface area contributed by atoms with E-state index in [0.29, 0.717) is 5.92 Å². The van der Waals surface area contributed by atoms with Gasteiger partial charge in [0.15, 0.2) is 0 Å². The van der Waals surface area contributed by atoms with E-state index in [1.165, 1.54) is 12.0 Å². The third-order valence-electron chi connectivity index (χ3n) is 4.15. The Morgan fingerprint density at radius 1 is 1.35 bits per heavy atom. The van der Waals surface area contributed by atoms with Crippen molar-refractivity contribution in [2.75, 3.05) is 33.2 Å². The molecule has 1 amide bonds. The highest BCUT2D eigenvalue weighted by atomic mass is 16.2. The minimum absolute atomic E-state index is 0.222. The van der Waals surface area contributed by atoms with E-state index in [1.54, 1.807) is 6.92 Å². The third-order valence-corrected chi connectivity index (χ3v) is 4.15. The van der Waals surface area contributed by atoms with Crippen LogP contribution in [0.1, 0.15) is 25.3 Å². The number of hydrogen-bond donors (Lipinski definition) is 0. The standard InChI is InChI=1S/C17H26N2O/c1-15(20)19-12-10-17(14-19)13-18(2)11-6-9-16-7-4-3-5-8-16/h3-5,7-8,17H,6,9-14H2,1-2H3. The van der Waals surface area contributed by atoms with Crippen molar-refractivity contribution in [2.24, 2.45) is 5.92 Å². The van der Waals surface area contributed by atoms with Crippen molar-refractivity contribution in [3.05, 3.63) is 35.9 Å². The van der Waals surface area contributed by atoms with Crippen molar-refractivity contribution in [3.63, 3.8) is 0 Å². The van der Waals surface area contributed by atoms with Crippen LogP contribution in [-0.4, -0.2) is 48.9 Å². The summed E-state index contributed by atoms with van der Waals surface area (Å²) in [5.41, 5.74) is 1.42. The van der Waals surface area contributed by atoms with E-state index in [1.807, 2.05) is 4.90 Å². The lowest BCUT2D eigenvalue weighted by atomic mass is 10.1. The first-order valence-corrected chi connectivity index (χ1v) is 7.63. The van der Waals surface area contributed by atoms with Crippen molar-refractivity contribution in [1.82, 2.24) is 9.80 Å². The molecule has 1 aromatic rings. The summed E-state index contributed by atoms with van der Waals surface area (Å²) >= 11 is 0.